The second kappa shape index (κ2) is 11.5. The predicted octanol–water partition coefficient (Wildman–Crippen LogP) is 7.20. The number of carbonyl (C=O) groups is 1. The van der Waals surface area contributed by atoms with Crippen LogP contribution in [0.4, 0.5) is 4.39 Å². The lowest BCUT2D eigenvalue weighted by atomic mass is 10.0. The summed E-state index contributed by atoms with van der Waals surface area (Å²) in [6.45, 7) is 1.10. The number of rotatable bonds is 9. The molecule has 1 atom stereocenters. The Labute approximate surface area is 245 Å². The molecule has 0 bridgehead atoms. The average Bonchev–Trinajstić information content (AvgIpc) is 3.27. The molecule has 2 aromatic heterocycles. The highest BCUT2D eigenvalue weighted by atomic mass is 35.5. The van der Waals surface area contributed by atoms with Crippen LogP contribution in [0.3, 0.4) is 0 Å². The molecule has 1 saturated heterocycles. The largest absolute Gasteiger partial charge is 0.478 e. The van der Waals surface area contributed by atoms with Crippen molar-refractivity contribution in [2.24, 2.45) is 0 Å². The normalized spacial score (nSPS) is 14.7. The second-order valence-electron chi connectivity index (χ2n) is 9.82. The zero-order chi connectivity index (χ0) is 28.5. The number of benzene rings is 3. The fourth-order valence-corrected chi connectivity index (χ4v) is 5.22. The minimum absolute atomic E-state index is 0.0569. The summed E-state index contributed by atoms with van der Waals surface area (Å²) in [7, 11) is 0. The Kier molecular flexibility index (Phi) is 7.62. The fraction of sp³-hybridized carbons (Fsp3) is 0.194. The zero-order valence-corrected chi connectivity index (χ0v) is 23.2. The Morgan fingerprint density at radius 3 is 2.63 bits per heavy atom. The van der Waals surface area contributed by atoms with Gasteiger partial charge < -0.3 is 14.6 Å². The summed E-state index contributed by atoms with van der Waals surface area (Å²) >= 11 is 12.2. The first-order valence-electron chi connectivity index (χ1n) is 13.0. The van der Waals surface area contributed by atoms with Gasteiger partial charge in [0, 0.05) is 51.2 Å². The molecule has 0 radical (unpaired) electrons. The van der Waals surface area contributed by atoms with Crippen molar-refractivity contribution in [1.29, 1.82) is 0 Å². The van der Waals surface area contributed by atoms with E-state index >= 15 is 4.39 Å². The number of carboxylic acid groups (broad SMARTS) is 1. The van der Waals surface area contributed by atoms with Gasteiger partial charge in [-0.05, 0) is 48.9 Å². The quantitative estimate of drug-likeness (QED) is 0.195. The third-order valence-electron chi connectivity index (χ3n) is 7.07. The number of halogens is 3. The maximum Gasteiger partial charge on any atom is 0.335 e. The van der Waals surface area contributed by atoms with Gasteiger partial charge in [0.1, 0.15) is 12.4 Å². The van der Waals surface area contributed by atoms with Crippen LogP contribution in [0.1, 0.15) is 33.6 Å². The van der Waals surface area contributed by atoms with Crippen LogP contribution in [0.15, 0.2) is 72.8 Å². The molecule has 1 N–H and O–H groups in total. The van der Waals surface area contributed by atoms with Crippen LogP contribution in [0.25, 0.3) is 22.2 Å². The first-order chi connectivity index (χ1) is 19.8. The van der Waals surface area contributed by atoms with Gasteiger partial charge in [0.2, 0.25) is 5.88 Å². The van der Waals surface area contributed by atoms with Crippen molar-refractivity contribution in [1.82, 2.24) is 14.8 Å². The molecule has 0 aliphatic carbocycles. The number of nitrogens with zero attached hydrogens (tertiary/aromatic N) is 3. The summed E-state index contributed by atoms with van der Waals surface area (Å²) in [5.74, 6) is -1.04. The van der Waals surface area contributed by atoms with Crippen molar-refractivity contribution in [3.63, 3.8) is 0 Å². The number of carboxylic acids is 1. The molecule has 1 unspecified atom stereocenters. The molecule has 7 nitrogen and oxygen atoms in total. The molecule has 1 aliphatic heterocycles. The molecule has 10 heteroatoms. The van der Waals surface area contributed by atoms with E-state index in [1.54, 1.807) is 65.3 Å². The van der Waals surface area contributed by atoms with Crippen molar-refractivity contribution < 1.29 is 23.8 Å². The maximum absolute atomic E-state index is 15.4. The van der Waals surface area contributed by atoms with Gasteiger partial charge in [-0.1, -0.05) is 47.5 Å². The average molecular weight is 592 g/mol. The van der Waals surface area contributed by atoms with Crippen molar-refractivity contribution >= 4 is 40.1 Å². The summed E-state index contributed by atoms with van der Waals surface area (Å²) in [6, 6.07) is 20.3. The summed E-state index contributed by atoms with van der Waals surface area (Å²) in [4.78, 5) is 16.1. The molecule has 0 saturated carbocycles. The SMILES string of the molecule is O=C(O)c1ccc2c(c1)c(CC1CCO1)nn2Cc1ccc(-c2cccc(OCc3ccc(Cl)cc3Cl)n2)cc1F. The van der Waals surface area contributed by atoms with Crippen LogP contribution in [-0.2, 0) is 24.3 Å². The van der Waals surface area contributed by atoms with E-state index in [2.05, 4.69) is 4.98 Å². The third-order valence-corrected chi connectivity index (χ3v) is 7.66. The highest BCUT2D eigenvalue weighted by Crippen LogP contribution is 2.28. The lowest BCUT2D eigenvalue weighted by Gasteiger charge is -2.25. The number of hydrogen-bond acceptors (Lipinski definition) is 5. The molecule has 1 aliphatic rings. The van der Waals surface area contributed by atoms with E-state index in [0.29, 0.717) is 45.8 Å². The highest BCUT2D eigenvalue weighted by Gasteiger charge is 2.23. The molecule has 5 aromatic rings. The van der Waals surface area contributed by atoms with Crippen LogP contribution < -0.4 is 4.74 Å². The topological polar surface area (TPSA) is 86.5 Å². The van der Waals surface area contributed by atoms with E-state index in [1.807, 2.05) is 0 Å². The zero-order valence-electron chi connectivity index (χ0n) is 21.7. The Bertz CT molecular complexity index is 1770. The van der Waals surface area contributed by atoms with E-state index in [4.69, 9.17) is 37.8 Å². The minimum atomic E-state index is -1.01. The molecular formula is C31H24Cl2FN3O4. The van der Waals surface area contributed by atoms with Crippen molar-refractivity contribution in [3.05, 3.63) is 111 Å². The Hall–Kier alpha value is -3.98. The van der Waals surface area contributed by atoms with E-state index < -0.39 is 11.8 Å². The van der Waals surface area contributed by atoms with E-state index in [-0.39, 0.29) is 24.8 Å². The maximum atomic E-state index is 15.4. The number of hydrogen-bond donors (Lipinski definition) is 1. The van der Waals surface area contributed by atoms with Gasteiger partial charge in [-0.15, -0.1) is 0 Å². The summed E-state index contributed by atoms with van der Waals surface area (Å²) in [5, 5.41) is 16.0. The first-order valence-corrected chi connectivity index (χ1v) is 13.8. The molecular weight excluding hydrogens is 568 g/mol. The van der Waals surface area contributed by atoms with Gasteiger partial charge in [-0.25, -0.2) is 14.2 Å². The van der Waals surface area contributed by atoms with E-state index in [9.17, 15) is 9.90 Å². The van der Waals surface area contributed by atoms with Crippen molar-refractivity contribution in [2.75, 3.05) is 6.61 Å². The van der Waals surface area contributed by atoms with Gasteiger partial charge >= 0.3 is 5.97 Å². The Morgan fingerprint density at radius 1 is 1.07 bits per heavy atom. The van der Waals surface area contributed by atoms with Crippen LogP contribution in [0.2, 0.25) is 10.0 Å². The fourth-order valence-electron chi connectivity index (χ4n) is 4.75. The molecule has 3 heterocycles. The first kappa shape index (κ1) is 27.2. The van der Waals surface area contributed by atoms with Crippen LogP contribution >= 0.6 is 23.2 Å². The van der Waals surface area contributed by atoms with Gasteiger partial charge in [0.05, 0.1) is 35.1 Å². The molecule has 0 spiro atoms. The van der Waals surface area contributed by atoms with E-state index in [1.165, 1.54) is 12.1 Å². The Balaban J connectivity index is 1.23. The predicted molar refractivity (Wildman–Crippen MR) is 154 cm³/mol. The Morgan fingerprint density at radius 2 is 1.90 bits per heavy atom. The summed E-state index contributed by atoms with van der Waals surface area (Å²) < 4.78 is 28.5. The minimum Gasteiger partial charge on any atom is -0.478 e. The van der Waals surface area contributed by atoms with Gasteiger partial charge in [0.15, 0.2) is 0 Å². The molecule has 0 amide bonds. The number of aromatic nitrogens is 3. The highest BCUT2D eigenvalue weighted by molar-refractivity contribution is 6.35. The smallest absolute Gasteiger partial charge is 0.335 e. The van der Waals surface area contributed by atoms with Gasteiger partial charge in [0.25, 0.3) is 0 Å². The molecule has 6 rings (SSSR count). The lowest BCUT2D eigenvalue weighted by molar-refractivity contribution is -0.0495. The van der Waals surface area contributed by atoms with Crippen LogP contribution in [-0.4, -0.2) is 38.6 Å². The van der Waals surface area contributed by atoms with Crippen molar-refractivity contribution in [2.45, 2.75) is 32.1 Å². The lowest BCUT2D eigenvalue weighted by Crippen LogP contribution is -2.29. The monoisotopic (exact) mass is 591 g/mol. The molecule has 1 fully saturated rings. The van der Waals surface area contributed by atoms with E-state index in [0.717, 1.165) is 28.6 Å². The number of ether oxygens (including phenoxy) is 2. The van der Waals surface area contributed by atoms with Gasteiger partial charge in [-0.3, -0.25) is 4.68 Å². The number of aromatic carboxylic acids is 1. The summed E-state index contributed by atoms with van der Waals surface area (Å²) in [6.07, 6.45) is 1.56. The molecule has 41 heavy (non-hydrogen) atoms. The molecule has 3 aromatic carbocycles. The standard InChI is InChI=1S/C31H24Cl2FN3O4/c32-22-8-6-21(25(33)14-22)17-41-30-3-1-2-27(35-30)18-4-5-20(26(34)13-18)16-37-29-9-7-19(31(38)39)12-24(29)28(36-37)15-23-10-11-40-23/h1-9,12-14,23H,10-11,15-17H2,(H,38,39). The van der Waals surface area contributed by atoms with Gasteiger partial charge in [-0.2, -0.15) is 5.10 Å². The van der Waals surface area contributed by atoms with Crippen LogP contribution in [0.5, 0.6) is 5.88 Å². The number of fused-ring (bicyclic) bond motifs is 1. The second-order valence-corrected chi connectivity index (χ2v) is 10.7. The third kappa shape index (κ3) is 5.91. The van der Waals surface area contributed by atoms with Crippen LogP contribution in [0, 0.1) is 5.82 Å². The summed E-state index contributed by atoms with van der Waals surface area (Å²) in [5.41, 5.74) is 4.03. The molecule has 208 valence electrons. The number of pyridine rings is 1. The van der Waals surface area contributed by atoms with Crippen molar-refractivity contribution in [3.8, 4) is 17.1 Å².